The fourth-order valence-electron chi connectivity index (χ4n) is 2.96. The molecule has 1 fully saturated rings. The lowest BCUT2D eigenvalue weighted by atomic mass is 10.1. The van der Waals surface area contributed by atoms with Gasteiger partial charge in [0, 0.05) is 31.0 Å². The van der Waals surface area contributed by atoms with Gasteiger partial charge in [0.1, 0.15) is 5.82 Å². The van der Waals surface area contributed by atoms with Crippen LogP contribution in [-0.4, -0.2) is 46.7 Å². The fraction of sp³-hybridized carbons (Fsp3) is 0.421. The summed E-state index contributed by atoms with van der Waals surface area (Å²) in [6, 6.07) is 10.2. The van der Waals surface area contributed by atoms with Crippen molar-refractivity contribution in [2.75, 3.05) is 30.3 Å². The fourth-order valence-corrected chi connectivity index (χ4v) is 2.96. The third kappa shape index (κ3) is 4.62. The molecular formula is C19H25N5O2. The molecule has 2 aromatic rings. The number of carbonyl (C=O) groups is 1. The van der Waals surface area contributed by atoms with Crippen LogP contribution in [0.4, 0.5) is 22.2 Å². The largest absolute Gasteiger partial charge is 0.450 e. The molecule has 0 spiro atoms. The first kappa shape index (κ1) is 18.0. The van der Waals surface area contributed by atoms with Crippen molar-refractivity contribution in [2.24, 2.45) is 0 Å². The number of anilines is 3. The lowest BCUT2D eigenvalue weighted by Gasteiger charge is -2.31. The minimum atomic E-state index is -0.224. The summed E-state index contributed by atoms with van der Waals surface area (Å²) in [6.45, 7) is 5.66. The molecule has 0 radical (unpaired) electrons. The number of likely N-dealkylation sites (tertiary alicyclic amines) is 1. The molecule has 1 aromatic heterocycles. The molecule has 138 valence electrons. The molecule has 0 bridgehead atoms. The number of nitrogens with one attached hydrogen (secondary N) is 2. The Morgan fingerprint density at radius 2 is 2.04 bits per heavy atom. The van der Waals surface area contributed by atoms with Crippen LogP contribution in [0.15, 0.2) is 36.5 Å². The van der Waals surface area contributed by atoms with Crippen LogP contribution in [0, 0.1) is 6.92 Å². The molecular weight excluding hydrogens is 330 g/mol. The highest BCUT2D eigenvalue weighted by atomic mass is 16.6. The monoisotopic (exact) mass is 355 g/mol. The van der Waals surface area contributed by atoms with Crippen molar-refractivity contribution in [2.45, 2.75) is 32.7 Å². The predicted octanol–water partition coefficient (Wildman–Crippen LogP) is 3.56. The zero-order valence-corrected chi connectivity index (χ0v) is 15.2. The smallest absolute Gasteiger partial charge is 0.409 e. The van der Waals surface area contributed by atoms with Crippen molar-refractivity contribution < 1.29 is 9.53 Å². The van der Waals surface area contributed by atoms with Crippen LogP contribution in [0.2, 0.25) is 0 Å². The highest BCUT2D eigenvalue weighted by molar-refractivity contribution is 5.67. The van der Waals surface area contributed by atoms with E-state index in [9.17, 15) is 4.79 Å². The maximum Gasteiger partial charge on any atom is 0.409 e. The van der Waals surface area contributed by atoms with E-state index in [1.165, 1.54) is 0 Å². The maximum atomic E-state index is 11.8. The van der Waals surface area contributed by atoms with E-state index in [-0.39, 0.29) is 12.1 Å². The van der Waals surface area contributed by atoms with Gasteiger partial charge in [0.25, 0.3) is 0 Å². The molecule has 7 nitrogen and oxygen atoms in total. The third-order valence-electron chi connectivity index (χ3n) is 4.42. The average molecular weight is 355 g/mol. The molecule has 1 amide bonds. The zero-order chi connectivity index (χ0) is 18.4. The van der Waals surface area contributed by atoms with Gasteiger partial charge in [0.2, 0.25) is 5.95 Å². The summed E-state index contributed by atoms with van der Waals surface area (Å²) < 4.78 is 5.05. The summed E-state index contributed by atoms with van der Waals surface area (Å²) in [7, 11) is 0. The number of piperidine rings is 1. The second kappa shape index (κ2) is 8.51. The quantitative estimate of drug-likeness (QED) is 0.854. The molecule has 7 heteroatoms. The lowest BCUT2D eigenvalue weighted by Crippen LogP contribution is -2.42. The first-order valence-corrected chi connectivity index (χ1v) is 8.99. The van der Waals surface area contributed by atoms with Crippen molar-refractivity contribution in [1.82, 2.24) is 14.9 Å². The normalized spacial score (nSPS) is 14.8. The van der Waals surface area contributed by atoms with Gasteiger partial charge in [-0.15, -0.1) is 0 Å². The van der Waals surface area contributed by atoms with Crippen LogP contribution in [0.1, 0.15) is 25.3 Å². The van der Waals surface area contributed by atoms with E-state index < -0.39 is 0 Å². The summed E-state index contributed by atoms with van der Waals surface area (Å²) in [5.74, 6) is 1.35. The second-order valence-corrected chi connectivity index (χ2v) is 6.31. The number of amides is 1. The highest BCUT2D eigenvalue weighted by Gasteiger charge is 2.23. The summed E-state index contributed by atoms with van der Waals surface area (Å²) in [5, 5.41) is 6.70. The minimum absolute atomic E-state index is 0.224. The van der Waals surface area contributed by atoms with E-state index in [0.29, 0.717) is 25.6 Å². The molecule has 1 saturated heterocycles. The van der Waals surface area contributed by atoms with Crippen LogP contribution in [0.5, 0.6) is 0 Å². The molecule has 0 aliphatic carbocycles. The Kier molecular flexibility index (Phi) is 5.88. The molecule has 26 heavy (non-hydrogen) atoms. The minimum Gasteiger partial charge on any atom is -0.450 e. The van der Waals surface area contributed by atoms with E-state index in [1.807, 2.05) is 44.2 Å². The van der Waals surface area contributed by atoms with Gasteiger partial charge in [-0.05, 0) is 44.4 Å². The highest BCUT2D eigenvalue weighted by Crippen LogP contribution is 2.20. The number of nitrogens with zero attached hydrogens (tertiary/aromatic N) is 3. The summed E-state index contributed by atoms with van der Waals surface area (Å²) in [4.78, 5) is 22.4. The van der Waals surface area contributed by atoms with Crippen LogP contribution >= 0.6 is 0 Å². The number of rotatable bonds is 5. The number of aryl methyl sites for hydroxylation is 1. The van der Waals surface area contributed by atoms with Gasteiger partial charge in [0.15, 0.2) is 0 Å². The number of carbonyl (C=O) groups excluding carboxylic acids is 1. The van der Waals surface area contributed by atoms with Crippen LogP contribution < -0.4 is 10.6 Å². The molecule has 0 saturated carbocycles. The van der Waals surface area contributed by atoms with Crippen molar-refractivity contribution >= 4 is 23.5 Å². The van der Waals surface area contributed by atoms with E-state index in [0.717, 1.165) is 29.9 Å². The van der Waals surface area contributed by atoms with Crippen LogP contribution in [-0.2, 0) is 4.74 Å². The third-order valence-corrected chi connectivity index (χ3v) is 4.42. The molecule has 1 aliphatic rings. The SMILES string of the molecule is CCOC(=O)N1CCC(Nc2ccnc(Nc3ccccc3C)n2)CC1. The predicted molar refractivity (Wildman–Crippen MR) is 102 cm³/mol. The number of benzene rings is 1. The standard InChI is InChI=1S/C19H25N5O2/c1-3-26-19(25)24-12-9-15(10-13-24)21-17-8-11-20-18(23-17)22-16-7-5-4-6-14(16)2/h4-8,11,15H,3,9-10,12-13H2,1-2H3,(H2,20,21,22,23). The van der Waals surface area contributed by atoms with Gasteiger partial charge < -0.3 is 20.3 Å². The van der Waals surface area contributed by atoms with Gasteiger partial charge in [0.05, 0.1) is 6.61 Å². The number of aromatic nitrogens is 2. The molecule has 0 atom stereocenters. The van der Waals surface area contributed by atoms with Crippen molar-refractivity contribution in [3.8, 4) is 0 Å². The first-order valence-electron chi connectivity index (χ1n) is 8.99. The maximum absolute atomic E-state index is 11.8. The molecule has 2 heterocycles. The number of ether oxygens (including phenoxy) is 1. The number of hydrogen-bond acceptors (Lipinski definition) is 6. The topological polar surface area (TPSA) is 79.4 Å². The van der Waals surface area contributed by atoms with Crippen molar-refractivity contribution in [1.29, 1.82) is 0 Å². The Morgan fingerprint density at radius 3 is 2.77 bits per heavy atom. The number of para-hydroxylation sites is 1. The molecule has 2 N–H and O–H groups in total. The summed E-state index contributed by atoms with van der Waals surface area (Å²) in [5.41, 5.74) is 2.13. The Labute approximate surface area is 153 Å². The van der Waals surface area contributed by atoms with Gasteiger partial charge >= 0.3 is 6.09 Å². The molecule has 3 rings (SSSR count). The van der Waals surface area contributed by atoms with Crippen molar-refractivity contribution in [3.63, 3.8) is 0 Å². The molecule has 0 unspecified atom stereocenters. The van der Waals surface area contributed by atoms with Crippen LogP contribution in [0.25, 0.3) is 0 Å². The van der Waals surface area contributed by atoms with Gasteiger partial charge in [-0.25, -0.2) is 9.78 Å². The number of hydrogen-bond donors (Lipinski definition) is 2. The second-order valence-electron chi connectivity index (χ2n) is 6.31. The Bertz CT molecular complexity index is 744. The summed E-state index contributed by atoms with van der Waals surface area (Å²) >= 11 is 0. The lowest BCUT2D eigenvalue weighted by molar-refractivity contribution is 0.0983. The van der Waals surface area contributed by atoms with Crippen LogP contribution in [0.3, 0.4) is 0 Å². The summed E-state index contributed by atoms with van der Waals surface area (Å²) in [6.07, 6.45) is 3.24. The van der Waals surface area contributed by atoms with Gasteiger partial charge in [-0.3, -0.25) is 0 Å². The zero-order valence-electron chi connectivity index (χ0n) is 15.2. The molecule has 1 aromatic carbocycles. The average Bonchev–Trinajstić information content (AvgIpc) is 2.65. The van der Waals surface area contributed by atoms with E-state index in [4.69, 9.17) is 4.74 Å². The van der Waals surface area contributed by atoms with Gasteiger partial charge in [-0.2, -0.15) is 4.98 Å². The van der Waals surface area contributed by atoms with E-state index >= 15 is 0 Å². The Balaban J connectivity index is 1.56. The molecule has 1 aliphatic heterocycles. The Hall–Kier alpha value is -2.83. The van der Waals surface area contributed by atoms with Gasteiger partial charge in [-0.1, -0.05) is 18.2 Å². The Morgan fingerprint density at radius 1 is 1.27 bits per heavy atom. The first-order chi connectivity index (χ1) is 12.7. The van der Waals surface area contributed by atoms with E-state index in [1.54, 1.807) is 11.1 Å². The van der Waals surface area contributed by atoms with Crippen molar-refractivity contribution in [3.05, 3.63) is 42.1 Å². The van der Waals surface area contributed by atoms with E-state index in [2.05, 4.69) is 20.6 Å².